The van der Waals surface area contributed by atoms with E-state index in [-0.39, 0.29) is 18.9 Å². The summed E-state index contributed by atoms with van der Waals surface area (Å²) in [6.07, 6.45) is 0. The number of benzene rings is 1. The van der Waals surface area contributed by atoms with Gasteiger partial charge in [-0.25, -0.2) is 0 Å². The Kier molecular flexibility index (Phi) is 8.48. The van der Waals surface area contributed by atoms with Crippen LogP contribution in [-0.4, -0.2) is 8.07 Å². The first-order chi connectivity index (χ1) is 8.90. The summed E-state index contributed by atoms with van der Waals surface area (Å²) in [5, 5.41) is 1.67. The molecule has 0 spiro atoms. The maximum Gasteiger partial charge on any atom is 1.00 e. The SMILES string of the molecule is CC[Si](CC)(CC)c1cc(C(C)C)[c-]c(C(C)C)c1.[Li+]. The Bertz CT molecular complexity index is 371. The molecule has 0 radical (unpaired) electrons. The van der Waals surface area contributed by atoms with E-state index in [0.29, 0.717) is 11.8 Å². The number of hydrogen-bond acceptors (Lipinski definition) is 0. The van der Waals surface area contributed by atoms with Crippen molar-refractivity contribution < 1.29 is 18.9 Å². The quantitative estimate of drug-likeness (QED) is 0.555. The Balaban J connectivity index is 0.00000361. The van der Waals surface area contributed by atoms with Crippen LogP contribution in [0.15, 0.2) is 12.1 Å². The Labute approximate surface area is 139 Å². The molecule has 0 saturated carbocycles. The van der Waals surface area contributed by atoms with Gasteiger partial charge in [-0.15, -0.1) is 0 Å². The molecule has 1 aromatic carbocycles. The molecule has 0 N–H and O–H groups in total. The van der Waals surface area contributed by atoms with Gasteiger partial charge in [0, 0.05) is 0 Å². The second-order valence-corrected chi connectivity index (χ2v) is 11.7. The maximum atomic E-state index is 3.65. The van der Waals surface area contributed by atoms with E-state index in [1.165, 1.54) is 29.3 Å². The van der Waals surface area contributed by atoms with Gasteiger partial charge in [-0.05, 0) is 11.8 Å². The van der Waals surface area contributed by atoms with Crippen molar-refractivity contribution in [3.63, 3.8) is 0 Å². The van der Waals surface area contributed by atoms with Gasteiger partial charge >= 0.3 is 18.9 Å². The summed E-state index contributed by atoms with van der Waals surface area (Å²) in [6, 6.07) is 12.7. The van der Waals surface area contributed by atoms with E-state index in [9.17, 15) is 0 Å². The molecule has 0 nitrogen and oxygen atoms in total. The number of hydrogen-bond donors (Lipinski definition) is 0. The molecular formula is C18H31LiSi. The van der Waals surface area contributed by atoms with Crippen LogP contribution >= 0.6 is 0 Å². The summed E-state index contributed by atoms with van der Waals surface area (Å²) in [4.78, 5) is 0. The van der Waals surface area contributed by atoms with Crippen LogP contribution in [0.3, 0.4) is 0 Å². The van der Waals surface area contributed by atoms with Crippen molar-refractivity contribution in [1.29, 1.82) is 0 Å². The third-order valence-corrected chi connectivity index (χ3v) is 10.4. The van der Waals surface area contributed by atoms with Gasteiger partial charge in [0.15, 0.2) is 0 Å². The molecule has 0 aliphatic rings. The van der Waals surface area contributed by atoms with Crippen molar-refractivity contribution in [1.82, 2.24) is 0 Å². The topological polar surface area (TPSA) is 0 Å². The second kappa shape index (κ2) is 8.47. The molecular weight excluding hydrogens is 251 g/mol. The van der Waals surface area contributed by atoms with Crippen LogP contribution in [-0.2, 0) is 0 Å². The van der Waals surface area contributed by atoms with Crippen LogP contribution in [0.25, 0.3) is 0 Å². The van der Waals surface area contributed by atoms with E-state index in [1.807, 2.05) is 0 Å². The zero-order valence-corrected chi connectivity index (χ0v) is 15.9. The molecule has 0 aliphatic heterocycles. The van der Waals surface area contributed by atoms with E-state index in [1.54, 1.807) is 5.19 Å². The first kappa shape index (κ1) is 20.0. The molecule has 0 heterocycles. The normalized spacial score (nSPS) is 11.8. The summed E-state index contributed by atoms with van der Waals surface area (Å²) in [5.41, 5.74) is 2.82. The zero-order valence-electron chi connectivity index (χ0n) is 14.9. The third-order valence-electron chi connectivity index (χ3n) is 4.80. The smallest absolute Gasteiger partial charge is 0.176 e. The Hall–Kier alpha value is 0.0343. The molecule has 0 amide bonds. The molecule has 0 saturated heterocycles. The van der Waals surface area contributed by atoms with Gasteiger partial charge in [0.2, 0.25) is 0 Å². The molecule has 0 atom stereocenters. The first-order valence-corrected chi connectivity index (χ1v) is 10.6. The monoisotopic (exact) mass is 282 g/mol. The van der Waals surface area contributed by atoms with Gasteiger partial charge in [0.05, 0.1) is 8.07 Å². The van der Waals surface area contributed by atoms with Gasteiger partial charge in [-0.2, -0.15) is 34.5 Å². The Morgan fingerprint density at radius 2 is 1.20 bits per heavy atom. The summed E-state index contributed by atoms with van der Waals surface area (Å²) < 4.78 is 0. The average Bonchev–Trinajstić information content (AvgIpc) is 2.41. The van der Waals surface area contributed by atoms with Gasteiger partial charge in [0.25, 0.3) is 0 Å². The minimum Gasteiger partial charge on any atom is -0.176 e. The summed E-state index contributed by atoms with van der Waals surface area (Å²) in [7, 11) is -1.27. The largest absolute Gasteiger partial charge is 1.00 e. The fraction of sp³-hybridized carbons (Fsp3) is 0.667. The van der Waals surface area contributed by atoms with Gasteiger partial charge < -0.3 is 0 Å². The average molecular weight is 282 g/mol. The molecule has 20 heavy (non-hydrogen) atoms. The standard InChI is InChI=1S/C18H31Si.Li/c1-8-19(9-2,10-3)18-12-16(14(4)5)11-17(13-18)15(6)7;/h12-15H,8-10H2,1-7H3;/q-1;+1. The molecule has 0 bridgehead atoms. The summed E-state index contributed by atoms with van der Waals surface area (Å²) in [5.74, 6) is 1.16. The van der Waals surface area contributed by atoms with E-state index < -0.39 is 8.07 Å². The fourth-order valence-electron chi connectivity index (χ4n) is 2.91. The minimum atomic E-state index is -1.27. The van der Waals surface area contributed by atoms with E-state index in [0.717, 1.165) is 0 Å². The molecule has 2 heteroatoms. The van der Waals surface area contributed by atoms with E-state index in [2.05, 4.69) is 66.7 Å². The molecule has 0 unspecified atom stereocenters. The zero-order chi connectivity index (χ0) is 14.6. The molecule has 108 valence electrons. The summed E-state index contributed by atoms with van der Waals surface area (Å²) in [6.45, 7) is 16.3. The fourth-order valence-corrected chi connectivity index (χ4v) is 6.55. The Morgan fingerprint density at radius 3 is 1.45 bits per heavy atom. The van der Waals surface area contributed by atoms with Crippen LogP contribution in [0, 0.1) is 6.07 Å². The van der Waals surface area contributed by atoms with Gasteiger partial charge in [-0.1, -0.05) is 66.6 Å². The van der Waals surface area contributed by atoms with Crippen molar-refractivity contribution in [2.75, 3.05) is 0 Å². The second-order valence-electron chi connectivity index (χ2n) is 6.43. The third kappa shape index (κ3) is 4.26. The van der Waals surface area contributed by atoms with Crippen LogP contribution in [0.4, 0.5) is 0 Å². The van der Waals surface area contributed by atoms with Crippen molar-refractivity contribution >= 4 is 13.3 Å². The van der Waals surface area contributed by atoms with Crippen molar-refractivity contribution in [3.8, 4) is 0 Å². The van der Waals surface area contributed by atoms with Gasteiger partial charge in [0.1, 0.15) is 0 Å². The van der Waals surface area contributed by atoms with Crippen molar-refractivity contribution in [2.45, 2.75) is 78.4 Å². The van der Waals surface area contributed by atoms with Crippen LogP contribution in [0.1, 0.15) is 71.4 Å². The summed E-state index contributed by atoms with van der Waals surface area (Å²) >= 11 is 0. The molecule has 0 fully saturated rings. The van der Waals surface area contributed by atoms with Crippen molar-refractivity contribution in [2.24, 2.45) is 0 Å². The van der Waals surface area contributed by atoms with Gasteiger partial charge in [-0.3, -0.25) is 0 Å². The maximum absolute atomic E-state index is 3.65. The molecule has 0 aliphatic carbocycles. The Morgan fingerprint density at radius 1 is 0.850 bits per heavy atom. The van der Waals surface area contributed by atoms with Crippen LogP contribution in [0.5, 0.6) is 0 Å². The predicted octanol–water partition coefficient (Wildman–Crippen LogP) is 2.45. The molecule has 1 rings (SSSR count). The van der Waals surface area contributed by atoms with E-state index in [4.69, 9.17) is 0 Å². The van der Waals surface area contributed by atoms with Crippen molar-refractivity contribution in [3.05, 3.63) is 29.3 Å². The predicted molar refractivity (Wildman–Crippen MR) is 90.3 cm³/mol. The minimum absolute atomic E-state index is 0. The van der Waals surface area contributed by atoms with E-state index >= 15 is 0 Å². The molecule has 1 aromatic rings. The molecule has 0 aromatic heterocycles. The van der Waals surface area contributed by atoms with Crippen LogP contribution < -0.4 is 24.0 Å². The first-order valence-electron chi connectivity index (χ1n) is 7.97. The van der Waals surface area contributed by atoms with Crippen LogP contribution in [0.2, 0.25) is 18.1 Å². The number of rotatable bonds is 6.